The van der Waals surface area contributed by atoms with E-state index in [1.807, 2.05) is 18.2 Å². The first-order chi connectivity index (χ1) is 12.0. The third-order valence-corrected chi connectivity index (χ3v) is 4.98. The molecule has 7 heteroatoms. The summed E-state index contributed by atoms with van der Waals surface area (Å²) in [6.07, 6.45) is 0. The highest BCUT2D eigenvalue weighted by molar-refractivity contribution is 8.00. The molecule has 0 aliphatic carbocycles. The van der Waals surface area contributed by atoms with Crippen LogP contribution in [-0.4, -0.2) is 42.8 Å². The molecule has 2 heterocycles. The summed E-state index contributed by atoms with van der Waals surface area (Å²) in [5.41, 5.74) is 2.13. The van der Waals surface area contributed by atoms with Crippen LogP contribution in [0.1, 0.15) is 32.1 Å². The molecule has 0 atom stereocenters. The molecule has 132 valence electrons. The van der Waals surface area contributed by atoms with Gasteiger partial charge in [-0.15, -0.1) is 11.8 Å². The van der Waals surface area contributed by atoms with E-state index in [-0.39, 0.29) is 11.5 Å². The maximum atomic E-state index is 12.5. The van der Waals surface area contributed by atoms with Crippen LogP contribution in [0.3, 0.4) is 0 Å². The second-order valence-electron chi connectivity index (χ2n) is 5.63. The summed E-state index contributed by atoms with van der Waals surface area (Å²) >= 11 is 1.41. The Morgan fingerprint density at radius 2 is 1.92 bits per heavy atom. The topological polar surface area (TPSA) is 77.6 Å². The minimum absolute atomic E-state index is 0.0735. The lowest BCUT2D eigenvalue weighted by Crippen LogP contribution is -2.15. The van der Waals surface area contributed by atoms with Crippen molar-refractivity contribution in [2.75, 3.05) is 26.1 Å². The van der Waals surface area contributed by atoms with Crippen LogP contribution in [0.5, 0.6) is 11.5 Å². The number of rotatable bonds is 5. The molecule has 6 nitrogen and oxygen atoms in total. The number of ether oxygens (including phenoxy) is 3. The van der Waals surface area contributed by atoms with Gasteiger partial charge in [-0.2, -0.15) is 0 Å². The number of carbonyl (C=O) groups excluding carboxylic acids is 2. The zero-order chi connectivity index (χ0) is 18.0. The Morgan fingerprint density at radius 3 is 2.64 bits per heavy atom. The molecule has 0 saturated heterocycles. The van der Waals surface area contributed by atoms with Crippen molar-refractivity contribution in [1.29, 1.82) is 0 Å². The molecule has 2 aromatic rings. The standard InChI is InChI=1S/C18H19NO5S/c1-10-16(18(21)22-3)11(2)19-17(10)13(20)9-25-12-4-5-14-15(8-12)24-7-6-23-14/h4-5,8,19H,6-7,9H2,1-3H3. The summed E-state index contributed by atoms with van der Waals surface area (Å²) in [7, 11) is 1.33. The molecule has 1 aromatic carbocycles. The van der Waals surface area contributed by atoms with Crippen LogP contribution in [-0.2, 0) is 4.74 Å². The number of methoxy groups -OCH3 is 1. The second kappa shape index (κ2) is 7.23. The predicted octanol–water partition coefficient (Wildman–Crippen LogP) is 3.16. The van der Waals surface area contributed by atoms with Gasteiger partial charge < -0.3 is 19.2 Å². The third-order valence-electron chi connectivity index (χ3n) is 3.99. The highest BCUT2D eigenvalue weighted by Crippen LogP contribution is 2.34. The Morgan fingerprint density at radius 1 is 1.20 bits per heavy atom. The molecule has 0 bridgehead atoms. The Balaban J connectivity index is 1.72. The van der Waals surface area contributed by atoms with E-state index in [2.05, 4.69) is 4.98 Å². The first kappa shape index (κ1) is 17.4. The van der Waals surface area contributed by atoms with Crippen molar-refractivity contribution in [3.8, 4) is 11.5 Å². The van der Waals surface area contributed by atoms with Crippen LogP contribution in [0.2, 0.25) is 0 Å². The Bertz CT molecular complexity index is 827. The van der Waals surface area contributed by atoms with E-state index in [9.17, 15) is 9.59 Å². The van der Waals surface area contributed by atoms with E-state index in [0.717, 1.165) is 10.6 Å². The number of aromatic nitrogens is 1. The first-order valence-electron chi connectivity index (χ1n) is 7.84. The molecular weight excluding hydrogens is 342 g/mol. The Hall–Kier alpha value is -2.41. The van der Waals surface area contributed by atoms with Gasteiger partial charge in [0.15, 0.2) is 17.3 Å². The van der Waals surface area contributed by atoms with Crippen LogP contribution < -0.4 is 9.47 Å². The van der Waals surface area contributed by atoms with Crippen LogP contribution in [0.4, 0.5) is 0 Å². The first-order valence-corrected chi connectivity index (χ1v) is 8.83. The van der Waals surface area contributed by atoms with Crippen molar-refractivity contribution in [2.24, 2.45) is 0 Å². The molecule has 1 aliphatic rings. The smallest absolute Gasteiger partial charge is 0.339 e. The predicted molar refractivity (Wildman–Crippen MR) is 94.1 cm³/mol. The average molecular weight is 361 g/mol. The van der Waals surface area contributed by atoms with Crippen LogP contribution in [0.15, 0.2) is 23.1 Å². The zero-order valence-corrected chi connectivity index (χ0v) is 15.1. The molecule has 0 unspecified atom stereocenters. The highest BCUT2D eigenvalue weighted by atomic mass is 32.2. The fourth-order valence-electron chi connectivity index (χ4n) is 2.77. The van der Waals surface area contributed by atoms with Gasteiger partial charge >= 0.3 is 5.97 Å². The summed E-state index contributed by atoms with van der Waals surface area (Å²) in [6, 6.07) is 5.62. The number of fused-ring (bicyclic) bond motifs is 1. The number of hydrogen-bond donors (Lipinski definition) is 1. The third kappa shape index (κ3) is 3.51. The molecule has 0 saturated carbocycles. The number of nitrogens with one attached hydrogen (secondary N) is 1. The number of ketones is 1. The largest absolute Gasteiger partial charge is 0.486 e. The molecule has 0 spiro atoms. The van der Waals surface area contributed by atoms with Gasteiger partial charge in [0.25, 0.3) is 0 Å². The van der Waals surface area contributed by atoms with E-state index in [1.54, 1.807) is 13.8 Å². The van der Waals surface area contributed by atoms with Gasteiger partial charge in [0.2, 0.25) is 0 Å². The second-order valence-corrected chi connectivity index (χ2v) is 6.68. The molecule has 0 radical (unpaired) electrons. The lowest BCUT2D eigenvalue weighted by Gasteiger charge is -2.18. The minimum Gasteiger partial charge on any atom is -0.486 e. The van der Waals surface area contributed by atoms with Crippen molar-refractivity contribution in [3.05, 3.63) is 40.7 Å². The zero-order valence-electron chi connectivity index (χ0n) is 14.3. The van der Waals surface area contributed by atoms with Crippen LogP contribution >= 0.6 is 11.8 Å². The van der Waals surface area contributed by atoms with E-state index in [4.69, 9.17) is 14.2 Å². The Labute approximate surface area is 149 Å². The van der Waals surface area contributed by atoms with Gasteiger partial charge in [-0.3, -0.25) is 4.79 Å². The number of hydrogen-bond acceptors (Lipinski definition) is 6. The van der Waals surface area contributed by atoms with E-state index in [0.29, 0.717) is 41.5 Å². The summed E-state index contributed by atoms with van der Waals surface area (Å²) < 4.78 is 15.8. The fraction of sp³-hybridized carbons (Fsp3) is 0.333. The van der Waals surface area contributed by atoms with Gasteiger partial charge in [-0.25, -0.2) is 4.79 Å². The Kier molecular flexibility index (Phi) is 5.03. The lowest BCUT2D eigenvalue weighted by atomic mass is 10.1. The van der Waals surface area contributed by atoms with Crippen molar-refractivity contribution in [1.82, 2.24) is 4.98 Å². The fourth-order valence-corrected chi connectivity index (χ4v) is 3.57. The number of aromatic amines is 1. The van der Waals surface area contributed by atoms with Gasteiger partial charge in [0.05, 0.1) is 24.1 Å². The van der Waals surface area contributed by atoms with Crippen molar-refractivity contribution in [2.45, 2.75) is 18.7 Å². The summed E-state index contributed by atoms with van der Waals surface area (Å²) in [4.78, 5) is 28.3. The minimum atomic E-state index is -0.440. The molecule has 1 aliphatic heterocycles. The average Bonchev–Trinajstić information content (AvgIpc) is 2.93. The highest BCUT2D eigenvalue weighted by Gasteiger charge is 2.22. The van der Waals surface area contributed by atoms with E-state index >= 15 is 0 Å². The van der Waals surface area contributed by atoms with Crippen LogP contribution in [0, 0.1) is 13.8 Å². The van der Waals surface area contributed by atoms with Crippen LogP contribution in [0.25, 0.3) is 0 Å². The van der Waals surface area contributed by atoms with Crippen molar-refractivity contribution < 1.29 is 23.8 Å². The number of aryl methyl sites for hydroxylation is 1. The van der Waals surface area contributed by atoms with Gasteiger partial charge in [-0.05, 0) is 37.6 Å². The van der Waals surface area contributed by atoms with E-state index in [1.165, 1.54) is 18.9 Å². The van der Waals surface area contributed by atoms with Gasteiger partial charge in [-0.1, -0.05) is 0 Å². The maximum Gasteiger partial charge on any atom is 0.339 e. The molecule has 0 amide bonds. The summed E-state index contributed by atoms with van der Waals surface area (Å²) in [6.45, 7) is 4.57. The summed E-state index contributed by atoms with van der Waals surface area (Å²) in [5.74, 6) is 1.16. The number of thioether (sulfide) groups is 1. The van der Waals surface area contributed by atoms with Crippen molar-refractivity contribution >= 4 is 23.5 Å². The number of Topliss-reactive ketones (excluding diaryl/α,β-unsaturated/α-hetero) is 1. The van der Waals surface area contributed by atoms with Crippen molar-refractivity contribution in [3.63, 3.8) is 0 Å². The van der Waals surface area contributed by atoms with Gasteiger partial charge in [0.1, 0.15) is 13.2 Å². The quantitative estimate of drug-likeness (QED) is 0.501. The number of benzene rings is 1. The maximum absolute atomic E-state index is 12.5. The molecule has 1 aromatic heterocycles. The molecular formula is C18H19NO5S. The molecule has 3 rings (SSSR count). The molecule has 0 fully saturated rings. The number of H-pyrrole nitrogens is 1. The summed E-state index contributed by atoms with van der Waals surface area (Å²) in [5, 5.41) is 0. The molecule has 1 N–H and O–H groups in total. The molecule has 25 heavy (non-hydrogen) atoms. The SMILES string of the molecule is COC(=O)c1c(C)[nH]c(C(=O)CSc2ccc3c(c2)OCCO3)c1C. The van der Waals surface area contributed by atoms with Gasteiger partial charge in [0, 0.05) is 10.6 Å². The van der Waals surface area contributed by atoms with E-state index < -0.39 is 5.97 Å². The monoisotopic (exact) mass is 361 g/mol. The number of esters is 1. The lowest BCUT2D eigenvalue weighted by molar-refractivity contribution is 0.0599. The number of carbonyl (C=O) groups is 2. The normalized spacial score (nSPS) is 12.8.